The molecule has 0 aliphatic heterocycles. The Morgan fingerprint density at radius 3 is 2.62 bits per heavy atom. The molecule has 126 valence electrons. The van der Waals surface area contributed by atoms with Gasteiger partial charge in [-0.05, 0) is 36.8 Å². The van der Waals surface area contributed by atoms with Crippen LogP contribution >= 0.6 is 0 Å². The SMILES string of the molecule is NS(=O)(=O)c1cc(C(=O)N(C2CC2)[C@@H]2CCc3ccccc32)co1. The first-order chi connectivity index (χ1) is 11.4. The molecule has 1 heterocycles. The molecule has 2 aliphatic rings. The molecule has 1 amide bonds. The zero-order valence-electron chi connectivity index (χ0n) is 13.0. The molecule has 2 N–H and O–H groups in total. The van der Waals surface area contributed by atoms with Crippen molar-refractivity contribution in [2.75, 3.05) is 0 Å². The van der Waals surface area contributed by atoms with E-state index in [1.165, 1.54) is 23.5 Å². The number of amides is 1. The fourth-order valence-corrected chi connectivity index (χ4v) is 3.94. The Balaban J connectivity index is 1.67. The number of primary sulfonamides is 1. The molecule has 0 unspecified atom stereocenters. The van der Waals surface area contributed by atoms with Crippen LogP contribution in [0.25, 0.3) is 0 Å². The van der Waals surface area contributed by atoms with E-state index >= 15 is 0 Å². The topological polar surface area (TPSA) is 93.6 Å². The van der Waals surface area contributed by atoms with Gasteiger partial charge in [-0.3, -0.25) is 4.79 Å². The number of carbonyl (C=O) groups is 1. The zero-order valence-corrected chi connectivity index (χ0v) is 13.8. The van der Waals surface area contributed by atoms with Crippen LogP contribution in [0, 0.1) is 0 Å². The highest BCUT2D eigenvalue weighted by atomic mass is 32.2. The van der Waals surface area contributed by atoms with Gasteiger partial charge in [0.05, 0.1) is 11.6 Å². The molecular formula is C17H18N2O4S. The first-order valence-electron chi connectivity index (χ1n) is 7.97. The maximum absolute atomic E-state index is 13.0. The fourth-order valence-electron chi connectivity index (χ4n) is 3.47. The molecule has 1 aromatic heterocycles. The smallest absolute Gasteiger partial charge is 0.271 e. The van der Waals surface area contributed by atoms with Crippen molar-refractivity contribution in [1.82, 2.24) is 4.90 Å². The summed E-state index contributed by atoms with van der Waals surface area (Å²) in [5.74, 6) is -0.196. The number of nitrogens with zero attached hydrogens (tertiary/aromatic N) is 1. The van der Waals surface area contributed by atoms with E-state index in [0.29, 0.717) is 0 Å². The van der Waals surface area contributed by atoms with Gasteiger partial charge in [0.25, 0.3) is 15.9 Å². The first-order valence-corrected chi connectivity index (χ1v) is 9.51. The van der Waals surface area contributed by atoms with Crippen molar-refractivity contribution in [3.63, 3.8) is 0 Å². The number of nitrogens with two attached hydrogens (primary N) is 1. The Morgan fingerprint density at radius 2 is 1.96 bits per heavy atom. The monoisotopic (exact) mass is 346 g/mol. The van der Waals surface area contributed by atoms with Gasteiger partial charge in [0.1, 0.15) is 6.26 Å². The second-order valence-electron chi connectivity index (χ2n) is 6.40. The van der Waals surface area contributed by atoms with E-state index in [2.05, 4.69) is 12.1 Å². The highest BCUT2D eigenvalue weighted by Gasteiger charge is 2.41. The van der Waals surface area contributed by atoms with Crippen LogP contribution in [0.4, 0.5) is 0 Å². The molecule has 2 aromatic rings. The van der Waals surface area contributed by atoms with E-state index in [1.807, 2.05) is 17.0 Å². The lowest BCUT2D eigenvalue weighted by Crippen LogP contribution is -2.35. The van der Waals surface area contributed by atoms with Crippen LogP contribution in [0.15, 0.2) is 46.1 Å². The molecule has 2 aliphatic carbocycles. The minimum absolute atomic E-state index is 0.0361. The molecule has 0 bridgehead atoms. The van der Waals surface area contributed by atoms with Gasteiger partial charge < -0.3 is 9.32 Å². The summed E-state index contributed by atoms with van der Waals surface area (Å²) >= 11 is 0. The van der Waals surface area contributed by atoms with E-state index in [-0.39, 0.29) is 28.6 Å². The number of hydrogen-bond acceptors (Lipinski definition) is 4. The quantitative estimate of drug-likeness (QED) is 0.918. The van der Waals surface area contributed by atoms with Crippen LogP contribution in [0.1, 0.15) is 46.8 Å². The summed E-state index contributed by atoms with van der Waals surface area (Å²) in [6.45, 7) is 0. The van der Waals surface area contributed by atoms with Crippen LogP contribution in [0.2, 0.25) is 0 Å². The minimum atomic E-state index is -3.95. The third-order valence-electron chi connectivity index (χ3n) is 4.71. The summed E-state index contributed by atoms with van der Waals surface area (Å²) < 4.78 is 27.7. The maximum atomic E-state index is 13.0. The second-order valence-corrected chi connectivity index (χ2v) is 7.89. The summed E-state index contributed by atoms with van der Waals surface area (Å²) in [6.07, 6.45) is 4.97. The third kappa shape index (κ3) is 2.63. The molecule has 7 heteroatoms. The summed E-state index contributed by atoms with van der Waals surface area (Å²) in [7, 11) is -3.95. The van der Waals surface area contributed by atoms with Gasteiger partial charge in [0.15, 0.2) is 0 Å². The van der Waals surface area contributed by atoms with E-state index in [1.54, 1.807) is 0 Å². The van der Waals surface area contributed by atoms with Crippen molar-refractivity contribution in [3.8, 4) is 0 Å². The van der Waals surface area contributed by atoms with E-state index < -0.39 is 10.0 Å². The van der Waals surface area contributed by atoms with Crippen molar-refractivity contribution < 1.29 is 17.6 Å². The molecule has 0 saturated heterocycles. The number of carbonyl (C=O) groups excluding carboxylic acids is 1. The third-order valence-corrected chi connectivity index (χ3v) is 5.49. The molecule has 0 radical (unpaired) electrons. The molecule has 6 nitrogen and oxygen atoms in total. The predicted octanol–water partition coefficient (Wildman–Crippen LogP) is 2.22. The normalized spacial score (nSPS) is 20.0. The maximum Gasteiger partial charge on any atom is 0.271 e. The van der Waals surface area contributed by atoms with Crippen LogP contribution < -0.4 is 5.14 Å². The molecule has 1 saturated carbocycles. The van der Waals surface area contributed by atoms with Gasteiger partial charge in [0, 0.05) is 12.1 Å². The van der Waals surface area contributed by atoms with Gasteiger partial charge in [-0.2, -0.15) is 0 Å². The average Bonchev–Trinajstić information content (AvgIpc) is 3.09. The van der Waals surface area contributed by atoms with Gasteiger partial charge in [-0.25, -0.2) is 13.6 Å². The van der Waals surface area contributed by atoms with Crippen LogP contribution in [0.5, 0.6) is 0 Å². The predicted molar refractivity (Wildman–Crippen MR) is 86.8 cm³/mol. The Morgan fingerprint density at radius 1 is 1.21 bits per heavy atom. The Hall–Kier alpha value is -2.12. The summed E-state index contributed by atoms with van der Waals surface area (Å²) in [5, 5.41) is 4.68. The lowest BCUT2D eigenvalue weighted by molar-refractivity contribution is 0.0657. The summed E-state index contributed by atoms with van der Waals surface area (Å²) in [4.78, 5) is 14.9. The van der Waals surface area contributed by atoms with Crippen molar-refractivity contribution in [1.29, 1.82) is 0 Å². The van der Waals surface area contributed by atoms with Crippen molar-refractivity contribution in [3.05, 3.63) is 53.3 Å². The Labute approximate surface area is 140 Å². The molecule has 0 spiro atoms. The minimum Gasteiger partial charge on any atom is -0.451 e. The molecular weight excluding hydrogens is 328 g/mol. The number of aryl methyl sites for hydroxylation is 1. The lowest BCUT2D eigenvalue weighted by atomic mass is 10.1. The van der Waals surface area contributed by atoms with Crippen LogP contribution in [-0.2, 0) is 16.4 Å². The molecule has 1 fully saturated rings. The lowest BCUT2D eigenvalue weighted by Gasteiger charge is -2.29. The van der Waals surface area contributed by atoms with Crippen LogP contribution in [-0.4, -0.2) is 25.3 Å². The summed E-state index contributed by atoms with van der Waals surface area (Å²) in [6, 6.07) is 9.63. The molecule has 24 heavy (non-hydrogen) atoms. The number of hydrogen-bond donors (Lipinski definition) is 1. The van der Waals surface area contributed by atoms with Gasteiger partial charge in [0.2, 0.25) is 5.09 Å². The Kier molecular flexibility index (Phi) is 3.51. The number of furan rings is 1. The number of sulfonamides is 1. The fraction of sp³-hybridized carbons (Fsp3) is 0.353. The van der Waals surface area contributed by atoms with E-state index in [4.69, 9.17) is 9.56 Å². The Bertz CT molecular complexity index is 899. The van der Waals surface area contributed by atoms with Crippen LogP contribution in [0.3, 0.4) is 0 Å². The van der Waals surface area contributed by atoms with E-state index in [9.17, 15) is 13.2 Å². The number of rotatable bonds is 4. The van der Waals surface area contributed by atoms with Crippen molar-refractivity contribution in [2.24, 2.45) is 5.14 Å². The van der Waals surface area contributed by atoms with Gasteiger partial charge in [-0.1, -0.05) is 24.3 Å². The summed E-state index contributed by atoms with van der Waals surface area (Å²) in [5.41, 5.74) is 2.70. The van der Waals surface area contributed by atoms with Gasteiger partial charge >= 0.3 is 0 Å². The average molecular weight is 346 g/mol. The van der Waals surface area contributed by atoms with E-state index in [0.717, 1.165) is 25.7 Å². The number of benzene rings is 1. The second kappa shape index (κ2) is 5.46. The molecule has 1 atom stereocenters. The van der Waals surface area contributed by atoms with Gasteiger partial charge in [-0.15, -0.1) is 0 Å². The molecule has 1 aromatic carbocycles. The standard InChI is InChI=1S/C17H18N2O4S/c18-24(21,22)16-9-12(10-23-16)17(20)19(13-6-7-13)15-8-5-11-3-1-2-4-14(11)15/h1-4,9-10,13,15H,5-8H2,(H2,18,21,22)/t15-/m1/s1. The zero-order chi connectivity index (χ0) is 16.9. The largest absolute Gasteiger partial charge is 0.451 e. The van der Waals surface area contributed by atoms with Crippen molar-refractivity contribution in [2.45, 2.75) is 42.9 Å². The first kappa shape index (κ1) is 15.4. The highest BCUT2D eigenvalue weighted by molar-refractivity contribution is 7.89. The number of fused-ring (bicyclic) bond motifs is 1. The van der Waals surface area contributed by atoms with Crippen molar-refractivity contribution >= 4 is 15.9 Å². The highest BCUT2D eigenvalue weighted by Crippen LogP contribution is 2.42. The molecule has 4 rings (SSSR count).